The lowest BCUT2D eigenvalue weighted by Gasteiger charge is -2.36. The highest BCUT2D eigenvalue weighted by Crippen LogP contribution is 2.46. The van der Waals surface area contributed by atoms with Gasteiger partial charge in [-0.25, -0.2) is 8.42 Å². The summed E-state index contributed by atoms with van der Waals surface area (Å²) in [6.45, 7) is 4.82. The number of para-hydroxylation sites is 1. The number of nitrogens with zero attached hydrogens (tertiary/aromatic N) is 1. The third kappa shape index (κ3) is 5.84. The molecule has 2 aromatic rings. The summed E-state index contributed by atoms with van der Waals surface area (Å²) in [6, 6.07) is 13.4. The highest BCUT2D eigenvalue weighted by Gasteiger charge is 2.41. The predicted octanol–water partition coefficient (Wildman–Crippen LogP) is 5.53. The number of ether oxygens (including phenoxy) is 1. The van der Waals surface area contributed by atoms with Gasteiger partial charge in [0, 0.05) is 35.0 Å². The Hall–Kier alpha value is -2.19. The zero-order valence-electron chi connectivity index (χ0n) is 19.5. The van der Waals surface area contributed by atoms with Gasteiger partial charge in [0.25, 0.3) is 0 Å². The number of benzene rings is 2. The largest absolute Gasteiger partial charge is 0.496 e. The number of methoxy groups -OCH3 is 1. The molecule has 0 radical (unpaired) electrons. The van der Waals surface area contributed by atoms with Crippen LogP contribution in [0.25, 0.3) is 0 Å². The van der Waals surface area contributed by atoms with E-state index in [1.54, 1.807) is 13.2 Å². The number of carbonyl (C=O) groups is 1. The van der Waals surface area contributed by atoms with E-state index in [4.69, 9.17) is 9.84 Å². The van der Waals surface area contributed by atoms with Crippen LogP contribution in [-0.4, -0.2) is 44.7 Å². The molecule has 0 spiro atoms. The molecule has 1 N–H and O–H groups in total. The van der Waals surface area contributed by atoms with Gasteiger partial charge in [0.1, 0.15) is 5.75 Å². The highest BCUT2D eigenvalue weighted by atomic mass is 32.2. The van der Waals surface area contributed by atoms with Gasteiger partial charge in [-0.2, -0.15) is 0 Å². The molecular weight excluding hydrogens is 458 g/mol. The van der Waals surface area contributed by atoms with E-state index >= 15 is 0 Å². The number of unbranched alkanes of at least 4 members (excludes halogenated alkanes) is 1. The summed E-state index contributed by atoms with van der Waals surface area (Å²) in [5, 5.41) is 8.99. The number of rotatable bonds is 10. The Morgan fingerprint density at radius 1 is 1.21 bits per heavy atom. The molecule has 0 amide bonds. The second kappa shape index (κ2) is 10.8. The van der Waals surface area contributed by atoms with Crippen molar-refractivity contribution in [1.29, 1.82) is 0 Å². The number of hydrogen-bond donors (Lipinski definition) is 1. The van der Waals surface area contributed by atoms with Gasteiger partial charge < -0.3 is 14.7 Å². The minimum absolute atomic E-state index is 0.0565. The normalized spacial score (nSPS) is 19.5. The van der Waals surface area contributed by atoms with E-state index in [0.29, 0.717) is 34.2 Å². The molecule has 33 heavy (non-hydrogen) atoms. The summed E-state index contributed by atoms with van der Waals surface area (Å²) >= 11 is 1.22. The molecule has 0 aliphatic carbocycles. The van der Waals surface area contributed by atoms with E-state index in [1.807, 2.05) is 36.4 Å². The van der Waals surface area contributed by atoms with Crippen LogP contribution in [-0.2, 0) is 20.4 Å². The SMILES string of the molecule is CCCCC1(CC)CN(c2ccccc2)c2cc(OC)c(CSCC(=O)O)cc2S(=O)(=O)C1. The van der Waals surface area contributed by atoms with Crippen LogP contribution in [0.5, 0.6) is 5.75 Å². The number of carboxylic acids is 1. The standard InChI is InChI=1S/C25H33NO5S2/c1-4-6-12-25(5-2)17-26(20-10-8-7-9-11-20)21-14-22(31-3)19(15-32-16-24(27)28)13-23(21)33(29,30)18-25/h7-11,13-14H,4-6,12,15-18H2,1-3H3,(H,27,28). The van der Waals surface area contributed by atoms with Gasteiger partial charge >= 0.3 is 5.97 Å². The average Bonchev–Trinajstić information content (AvgIpc) is 2.90. The third-order valence-corrected chi connectivity index (χ3v) is 9.29. The Kier molecular flexibility index (Phi) is 8.34. The smallest absolute Gasteiger partial charge is 0.313 e. The van der Waals surface area contributed by atoms with Crippen molar-refractivity contribution in [3.63, 3.8) is 0 Å². The first-order chi connectivity index (χ1) is 15.7. The maximum atomic E-state index is 13.8. The summed E-state index contributed by atoms with van der Waals surface area (Å²) in [5.41, 5.74) is 1.89. The quantitative estimate of drug-likeness (QED) is 0.468. The van der Waals surface area contributed by atoms with Gasteiger partial charge in [-0.3, -0.25) is 4.79 Å². The Morgan fingerprint density at radius 2 is 1.94 bits per heavy atom. The van der Waals surface area contributed by atoms with Gasteiger partial charge in [0.05, 0.1) is 29.2 Å². The van der Waals surface area contributed by atoms with E-state index in [1.165, 1.54) is 11.8 Å². The molecule has 0 fully saturated rings. The minimum Gasteiger partial charge on any atom is -0.496 e. The minimum atomic E-state index is -3.58. The Bertz CT molecular complexity index is 1070. The van der Waals surface area contributed by atoms with Gasteiger partial charge in [0.15, 0.2) is 9.84 Å². The van der Waals surface area contributed by atoms with Crippen LogP contribution in [0.15, 0.2) is 47.4 Å². The van der Waals surface area contributed by atoms with Crippen molar-refractivity contribution in [2.24, 2.45) is 5.41 Å². The Labute approximate surface area is 201 Å². The maximum Gasteiger partial charge on any atom is 0.313 e. The molecule has 0 bridgehead atoms. The molecular formula is C25H33NO5S2. The fourth-order valence-electron chi connectivity index (χ4n) is 4.48. The number of carboxylic acid groups (broad SMARTS) is 1. The number of fused-ring (bicyclic) bond motifs is 1. The summed E-state index contributed by atoms with van der Waals surface area (Å²) in [4.78, 5) is 13.4. The summed E-state index contributed by atoms with van der Waals surface area (Å²) in [6.07, 6.45) is 3.60. The summed E-state index contributed by atoms with van der Waals surface area (Å²) in [5.74, 6) is 0.0683. The van der Waals surface area contributed by atoms with Crippen molar-refractivity contribution < 1.29 is 23.1 Å². The molecule has 180 valence electrons. The molecule has 1 heterocycles. The third-order valence-electron chi connectivity index (χ3n) is 6.34. The van der Waals surface area contributed by atoms with E-state index in [0.717, 1.165) is 31.4 Å². The van der Waals surface area contributed by atoms with Gasteiger partial charge in [0.2, 0.25) is 0 Å². The van der Waals surface area contributed by atoms with Crippen LogP contribution in [0.1, 0.15) is 45.1 Å². The second-order valence-electron chi connectivity index (χ2n) is 8.66. The first-order valence-electron chi connectivity index (χ1n) is 11.3. The average molecular weight is 492 g/mol. The molecule has 1 atom stereocenters. The van der Waals surface area contributed by atoms with E-state index < -0.39 is 15.8 Å². The highest BCUT2D eigenvalue weighted by molar-refractivity contribution is 7.99. The fraction of sp³-hybridized carbons (Fsp3) is 0.480. The van der Waals surface area contributed by atoms with Crippen LogP contribution in [0.3, 0.4) is 0 Å². The zero-order valence-corrected chi connectivity index (χ0v) is 21.2. The van der Waals surface area contributed by atoms with E-state index in [-0.39, 0.29) is 16.9 Å². The Morgan fingerprint density at radius 3 is 2.55 bits per heavy atom. The summed E-state index contributed by atoms with van der Waals surface area (Å²) < 4.78 is 33.2. The van der Waals surface area contributed by atoms with Crippen LogP contribution in [0.4, 0.5) is 11.4 Å². The number of hydrogen-bond acceptors (Lipinski definition) is 6. The number of anilines is 2. The first kappa shape index (κ1) is 25.4. The molecule has 0 saturated heterocycles. The maximum absolute atomic E-state index is 13.8. The van der Waals surface area contributed by atoms with Gasteiger partial charge in [-0.15, -0.1) is 11.8 Å². The zero-order chi connectivity index (χ0) is 24.1. The van der Waals surface area contributed by atoms with Gasteiger partial charge in [-0.05, 0) is 31.0 Å². The lowest BCUT2D eigenvalue weighted by molar-refractivity contribution is -0.133. The monoisotopic (exact) mass is 491 g/mol. The van der Waals surface area contributed by atoms with E-state index in [9.17, 15) is 13.2 Å². The molecule has 6 nitrogen and oxygen atoms in total. The molecule has 1 aliphatic rings. The second-order valence-corrected chi connectivity index (χ2v) is 11.6. The lowest BCUT2D eigenvalue weighted by Crippen LogP contribution is -2.37. The Balaban J connectivity index is 2.18. The van der Waals surface area contributed by atoms with Crippen molar-refractivity contribution in [3.05, 3.63) is 48.0 Å². The first-order valence-corrected chi connectivity index (χ1v) is 14.1. The van der Waals surface area contributed by atoms with E-state index in [2.05, 4.69) is 18.7 Å². The van der Waals surface area contributed by atoms with Crippen LogP contribution in [0.2, 0.25) is 0 Å². The van der Waals surface area contributed by atoms with Crippen LogP contribution < -0.4 is 9.64 Å². The van der Waals surface area contributed by atoms with Gasteiger partial charge in [-0.1, -0.05) is 44.9 Å². The topological polar surface area (TPSA) is 83.9 Å². The van der Waals surface area contributed by atoms with Crippen molar-refractivity contribution >= 4 is 38.9 Å². The van der Waals surface area contributed by atoms with Crippen molar-refractivity contribution in [2.45, 2.75) is 50.2 Å². The molecule has 8 heteroatoms. The molecule has 0 saturated carbocycles. The van der Waals surface area contributed by atoms with Crippen molar-refractivity contribution in [1.82, 2.24) is 0 Å². The number of aliphatic carboxylic acids is 1. The number of thioether (sulfide) groups is 1. The van der Waals surface area contributed by atoms with Crippen molar-refractivity contribution in [2.75, 3.05) is 30.1 Å². The summed E-state index contributed by atoms with van der Waals surface area (Å²) in [7, 11) is -2.02. The molecule has 1 unspecified atom stereocenters. The predicted molar refractivity (Wildman–Crippen MR) is 135 cm³/mol. The van der Waals surface area contributed by atoms with Crippen LogP contribution in [0, 0.1) is 5.41 Å². The molecule has 3 rings (SSSR count). The fourth-order valence-corrected chi connectivity index (χ4v) is 7.41. The molecule has 0 aromatic heterocycles. The lowest BCUT2D eigenvalue weighted by atomic mass is 9.81. The van der Waals surface area contributed by atoms with Crippen LogP contribution >= 0.6 is 11.8 Å². The van der Waals surface area contributed by atoms with Crippen molar-refractivity contribution in [3.8, 4) is 5.75 Å². The number of sulfone groups is 1. The molecule has 2 aromatic carbocycles. The molecule has 1 aliphatic heterocycles.